The first kappa shape index (κ1) is 20.7. The number of fused-ring (bicyclic) bond motifs is 1. The number of hydrogen-bond acceptors (Lipinski definition) is 8. The number of aliphatic imine (C=N–C) groups is 1. The average Bonchev–Trinajstić information content (AvgIpc) is 3.22. The minimum Gasteiger partial charge on any atom is -0.545 e. The first-order valence-corrected chi connectivity index (χ1v) is 10.4. The zero-order chi connectivity index (χ0) is 22.0. The van der Waals surface area contributed by atoms with Crippen LogP contribution < -0.4 is 19.9 Å². The third-order valence-corrected chi connectivity index (χ3v) is 5.91. The van der Waals surface area contributed by atoms with Gasteiger partial charge in [0.15, 0.2) is 16.7 Å². The van der Waals surface area contributed by atoms with Gasteiger partial charge in [-0.1, -0.05) is 23.9 Å². The smallest absolute Gasteiger partial charge is 0.238 e. The van der Waals surface area contributed by atoms with E-state index in [-0.39, 0.29) is 30.6 Å². The van der Waals surface area contributed by atoms with Crippen LogP contribution in [0.1, 0.15) is 23.7 Å². The number of nitrogens with zero attached hydrogens (tertiary/aromatic N) is 2. The second-order valence-corrected chi connectivity index (χ2v) is 7.90. The van der Waals surface area contributed by atoms with E-state index in [9.17, 15) is 19.5 Å². The Morgan fingerprint density at radius 3 is 2.65 bits per heavy atom. The van der Waals surface area contributed by atoms with E-state index < -0.39 is 11.2 Å². The summed E-state index contributed by atoms with van der Waals surface area (Å²) in [6, 6.07) is 10.8. The largest absolute Gasteiger partial charge is 0.545 e. The highest BCUT2D eigenvalue weighted by Crippen LogP contribution is 2.36. The van der Waals surface area contributed by atoms with Crippen molar-refractivity contribution in [1.29, 1.82) is 0 Å². The minimum absolute atomic E-state index is 0.0111. The Morgan fingerprint density at radius 1 is 1.19 bits per heavy atom. The fourth-order valence-corrected chi connectivity index (χ4v) is 4.29. The van der Waals surface area contributed by atoms with Crippen molar-refractivity contribution in [3.05, 3.63) is 48.0 Å². The van der Waals surface area contributed by atoms with Crippen LogP contribution in [0.4, 0.5) is 11.4 Å². The van der Waals surface area contributed by atoms with Crippen LogP contribution in [0.5, 0.6) is 11.5 Å². The molecule has 0 aromatic heterocycles. The summed E-state index contributed by atoms with van der Waals surface area (Å²) in [4.78, 5) is 42.3. The summed E-state index contributed by atoms with van der Waals surface area (Å²) in [6.45, 7) is 2.41. The summed E-state index contributed by atoms with van der Waals surface area (Å²) in [5.74, 6) is -0.658. The number of nitrogens with one attached hydrogen (secondary N) is 1. The number of aromatic carboxylic acids is 1. The maximum absolute atomic E-state index is 12.8. The van der Waals surface area contributed by atoms with Gasteiger partial charge in [-0.05, 0) is 36.8 Å². The lowest BCUT2D eigenvalue weighted by Crippen LogP contribution is -2.45. The number of rotatable bonds is 5. The number of carbonyl (C=O) groups is 3. The number of carboxylic acids is 1. The lowest BCUT2D eigenvalue weighted by molar-refractivity contribution is -0.255. The van der Waals surface area contributed by atoms with E-state index in [0.29, 0.717) is 34.6 Å². The zero-order valence-corrected chi connectivity index (χ0v) is 17.3. The maximum Gasteiger partial charge on any atom is 0.238 e. The van der Waals surface area contributed by atoms with Gasteiger partial charge in [0.05, 0.1) is 11.7 Å². The number of carbonyl (C=O) groups excluding carboxylic acids is 3. The van der Waals surface area contributed by atoms with E-state index in [1.165, 1.54) is 40.9 Å². The second-order valence-electron chi connectivity index (χ2n) is 6.73. The van der Waals surface area contributed by atoms with Gasteiger partial charge in [0, 0.05) is 24.7 Å². The average molecular weight is 440 g/mol. The van der Waals surface area contributed by atoms with Crippen molar-refractivity contribution in [2.45, 2.75) is 18.6 Å². The molecule has 31 heavy (non-hydrogen) atoms. The van der Waals surface area contributed by atoms with E-state index in [4.69, 9.17) is 9.47 Å². The molecular weight excluding hydrogens is 422 g/mol. The van der Waals surface area contributed by atoms with Crippen LogP contribution in [0.15, 0.2) is 47.5 Å². The minimum atomic E-state index is -1.30. The van der Waals surface area contributed by atoms with Gasteiger partial charge in [0.1, 0.15) is 5.25 Å². The molecule has 2 aromatic carbocycles. The third kappa shape index (κ3) is 4.48. The topological polar surface area (TPSA) is 120 Å². The van der Waals surface area contributed by atoms with Crippen molar-refractivity contribution in [2.75, 3.05) is 18.7 Å². The summed E-state index contributed by atoms with van der Waals surface area (Å²) in [5, 5.41) is 13.3. The van der Waals surface area contributed by atoms with Crippen molar-refractivity contribution < 1.29 is 29.0 Å². The highest BCUT2D eigenvalue weighted by molar-refractivity contribution is 8.15. The van der Waals surface area contributed by atoms with E-state index >= 15 is 0 Å². The SMILES string of the molecule is CCN1C(=O)C[C@@H](C(=O)Nc2ccc(C(=O)[O-])cc2)SC1=Nc1ccc2c(c1)OCO2. The van der Waals surface area contributed by atoms with Crippen LogP contribution in [-0.4, -0.2) is 46.4 Å². The van der Waals surface area contributed by atoms with Gasteiger partial charge < -0.3 is 24.7 Å². The van der Waals surface area contributed by atoms with Crippen molar-refractivity contribution in [3.8, 4) is 11.5 Å². The molecule has 2 heterocycles. The van der Waals surface area contributed by atoms with Crippen molar-refractivity contribution in [1.82, 2.24) is 4.90 Å². The van der Waals surface area contributed by atoms with E-state index in [0.717, 1.165) is 0 Å². The van der Waals surface area contributed by atoms with Crippen LogP contribution >= 0.6 is 11.8 Å². The molecule has 2 aromatic rings. The monoisotopic (exact) mass is 440 g/mol. The summed E-state index contributed by atoms with van der Waals surface area (Å²) >= 11 is 1.20. The lowest BCUT2D eigenvalue weighted by atomic mass is 10.2. The van der Waals surface area contributed by atoms with Gasteiger partial charge in [-0.3, -0.25) is 14.5 Å². The lowest BCUT2D eigenvalue weighted by Gasteiger charge is -2.30. The van der Waals surface area contributed by atoms with Crippen LogP contribution in [0.3, 0.4) is 0 Å². The molecule has 9 nitrogen and oxygen atoms in total. The van der Waals surface area contributed by atoms with Crippen molar-refractivity contribution in [3.63, 3.8) is 0 Å². The molecule has 0 saturated carbocycles. The predicted molar refractivity (Wildman–Crippen MR) is 112 cm³/mol. The van der Waals surface area contributed by atoms with E-state index in [1.807, 2.05) is 6.92 Å². The van der Waals surface area contributed by atoms with Crippen LogP contribution in [0.25, 0.3) is 0 Å². The van der Waals surface area contributed by atoms with Crippen LogP contribution in [0, 0.1) is 0 Å². The Labute approximate surface area is 182 Å². The van der Waals surface area contributed by atoms with Crippen molar-refractivity contribution >= 4 is 46.1 Å². The zero-order valence-electron chi connectivity index (χ0n) is 16.5. The Balaban J connectivity index is 1.52. The highest BCUT2D eigenvalue weighted by atomic mass is 32.2. The molecule has 0 radical (unpaired) electrons. The van der Waals surface area contributed by atoms with Gasteiger partial charge >= 0.3 is 0 Å². The predicted octanol–water partition coefficient (Wildman–Crippen LogP) is 1.76. The number of hydrogen-bond donors (Lipinski definition) is 1. The molecule has 1 fully saturated rings. The Morgan fingerprint density at radius 2 is 1.94 bits per heavy atom. The summed E-state index contributed by atoms with van der Waals surface area (Å²) in [6.07, 6.45) is 0.0294. The maximum atomic E-state index is 12.8. The molecule has 0 spiro atoms. The normalized spacial score (nSPS) is 18.9. The molecule has 0 unspecified atom stereocenters. The number of ether oxygens (including phenoxy) is 2. The molecule has 0 bridgehead atoms. The molecule has 2 aliphatic heterocycles. The molecule has 0 aliphatic carbocycles. The molecule has 2 amide bonds. The molecule has 2 aliphatic rings. The molecule has 160 valence electrons. The second kappa shape index (κ2) is 8.68. The quantitative estimate of drug-likeness (QED) is 0.752. The first-order valence-electron chi connectivity index (χ1n) is 9.52. The molecular formula is C21H18N3O6S-. The van der Waals surface area contributed by atoms with Gasteiger partial charge in [0.25, 0.3) is 0 Å². The van der Waals surface area contributed by atoms with Gasteiger partial charge in [-0.25, -0.2) is 4.99 Å². The summed E-state index contributed by atoms with van der Waals surface area (Å²) < 4.78 is 10.7. The standard InChI is InChI=1S/C21H19N3O6S/c1-2-24-18(25)10-17(19(26)22-13-5-3-12(4-6-13)20(27)28)31-21(24)23-14-7-8-15-16(9-14)30-11-29-15/h3-9,17H,2,10-11H2,1H3,(H,22,26)(H,27,28)/p-1/t17-/m0/s1. The van der Waals surface area contributed by atoms with Gasteiger partial charge in [-0.15, -0.1) is 0 Å². The fraction of sp³-hybridized carbons (Fsp3) is 0.238. The Kier molecular flexibility index (Phi) is 5.81. The first-order chi connectivity index (χ1) is 14.9. The third-order valence-electron chi connectivity index (χ3n) is 4.72. The number of anilines is 1. The van der Waals surface area contributed by atoms with E-state index in [1.54, 1.807) is 18.2 Å². The number of benzene rings is 2. The fourth-order valence-electron chi connectivity index (χ4n) is 3.13. The van der Waals surface area contributed by atoms with Crippen LogP contribution in [0.2, 0.25) is 0 Å². The summed E-state index contributed by atoms with van der Waals surface area (Å²) in [5.41, 5.74) is 1.02. The molecule has 1 N–H and O–H groups in total. The van der Waals surface area contributed by atoms with E-state index in [2.05, 4.69) is 10.3 Å². The Bertz CT molecular complexity index is 1070. The molecule has 1 atom stereocenters. The summed E-state index contributed by atoms with van der Waals surface area (Å²) in [7, 11) is 0. The number of carboxylic acid groups (broad SMARTS) is 1. The van der Waals surface area contributed by atoms with Gasteiger partial charge in [0.2, 0.25) is 18.6 Å². The molecule has 10 heteroatoms. The van der Waals surface area contributed by atoms with Gasteiger partial charge in [-0.2, -0.15) is 0 Å². The highest BCUT2D eigenvalue weighted by Gasteiger charge is 2.35. The Hall–Kier alpha value is -3.53. The molecule has 4 rings (SSSR count). The number of amidine groups is 1. The van der Waals surface area contributed by atoms with Crippen molar-refractivity contribution in [2.24, 2.45) is 4.99 Å². The number of amides is 2. The number of thioether (sulfide) groups is 1. The van der Waals surface area contributed by atoms with Crippen LogP contribution in [-0.2, 0) is 9.59 Å². The molecule has 1 saturated heterocycles.